The zero-order valence-electron chi connectivity index (χ0n) is 12.9. The minimum absolute atomic E-state index is 0. The standard InChI is InChI=1S/C10H15.C3H9P.Ir.H2S4/c1-6-7(2)9(4)10(5)8(6)3;1-4(2)3;;1-3-4-2/h1-5H3;1-3H3;;1-2H/p-2. The minimum atomic E-state index is 0. The van der Waals surface area contributed by atoms with Crippen molar-refractivity contribution in [3.8, 4) is 0 Å². The minimum Gasteiger partial charge on any atom is -0.709 e. The number of hydrogen-bond donors (Lipinski definition) is 0. The Hall–Kier alpha value is 1.96. The molecule has 0 saturated heterocycles. The van der Waals surface area contributed by atoms with Gasteiger partial charge < -0.3 is 23.3 Å². The second-order valence-electron chi connectivity index (χ2n) is 4.60. The molecule has 1 rings (SSSR count). The summed E-state index contributed by atoms with van der Waals surface area (Å²) in [5, 5.41) is 0. The van der Waals surface area contributed by atoms with Gasteiger partial charge in [0.25, 0.3) is 0 Å². The van der Waals surface area contributed by atoms with Gasteiger partial charge in [0.05, 0.1) is 0 Å². The molecule has 0 aromatic rings. The molecule has 0 amide bonds. The Balaban J connectivity index is -0.000000242. The normalized spacial score (nSPS) is 14.7. The van der Waals surface area contributed by atoms with Crippen molar-refractivity contribution < 1.29 is 20.1 Å². The summed E-state index contributed by atoms with van der Waals surface area (Å²) in [6.45, 7) is 17.7. The number of rotatable bonds is 1. The molecule has 0 aromatic carbocycles. The van der Waals surface area contributed by atoms with Crippen molar-refractivity contribution in [2.75, 3.05) is 20.0 Å². The summed E-state index contributed by atoms with van der Waals surface area (Å²) in [5.74, 6) is 1.47. The van der Waals surface area contributed by atoms with Crippen LogP contribution in [0.4, 0.5) is 0 Å². The quantitative estimate of drug-likeness (QED) is 0.234. The summed E-state index contributed by atoms with van der Waals surface area (Å²) in [6, 6.07) is 0. The van der Waals surface area contributed by atoms with Crippen LogP contribution >= 0.6 is 27.6 Å². The van der Waals surface area contributed by atoms with Crippen molar-refractivity contribution in [2.45, 2.75) is 34.6 Å². The van der Waals surface area contributed by atoms with Crippen molar-refractivity contribution in [1.82, 2.24) is 0 Å². The van der Waals surface area contributed by atoms with Crippen molar-refractivity contribution in [3.05, 3.63) is 28.2 Å². The predicted octanol–water partition coefficient (Wildman–Crippen LogP) is 5.91. The first kappa shape index (κ1) is 25.9. The van der Waals surface area contributed by atoms with Gasteiger partial charge in [0, 0.05) is 26.0 Å². The van der Waals surface area contributed by atoms with Crippen LogP contribution in [0.3, 0.4) is 0 Å². The van der Waals surface area contributed by atoms with E-state index in [1.807, 2.05) is 0 Å². The van der Waals surface area contributed by atoms with Crippen LogP contribution in [-0.2, 0) is 43.4 Å². The zero-order chi connectivity index (χ0) is 14.9. The molecule has 0 unspecified atom stereocenters. The van der Waals surface area contributed by atoms with Crippen molar-refractivity contribution >= 4 is 50.9 Å². The summed E-state index contributed by atoms with van der Waals surface area (Å²) >= 11 is 8.66. The van der Waals surface area contributed by atoms with Crippen molar-refractivity contribution in [3.63, 3.8) is 0 Å². The average Bonchev–Trinajstić information content (AvgIpc) is 2.47. The summed E-state index contributed by atoms with van der Waals surface area (Å²) in [7, 11) is 2.72. The van der Waals surface area contributed by atoms with Gasteiger partial charge in [-0.15, -0.1) is 7.92 Å². The molecule has 0 fully saturated rings. The molecule has 0 heterocycles. The topological polar surface area (TPSA) is 0 Å². The largest absolute Gasteiger partial charge is 0.709 e. The van der Waals surface area contributed by atoms with Gasteiger partial charge >= 0.3 is 0 Å². The first-order valence-electron chi connectivity index (χ1n) is 5.59. The SMILES string of the molecule is CP(C)C.C[C]1C(C)=C(C)C(C)=C1C.[Ir].[S-]SS[S-]. The van der Waals surface area contributed by atoms with E-state index in [9.17, 15) is 0 Å². The Labute approximate surface area is 152 Å². The van der Waals surface area contributed by atoms with E-state index in [-0.39, 0.29) is 20.1 Å². The maximum atomic E-state index is 4.33. The second kappa shape index (κ2) is 14.9. The fourth-order valence-corrected chi connectivity index (χ4v) is 1.41. The van der Waals surface area contributed by atoms with Gasteiger partial charge in [-0.3, -0.25) is 19.7 Å². The van der Waals surface area contributed by atoms with Crippen LogP contribution in [0.15, 0.2) is 22.3 Å². The fraction of sp³-hybridized carbons (Fsp3) is 0.615. The first-order chi connectivity index (χ1) is 8.20. The van der Waals surface area contributed by atoms with Crippen LogP contribution in [0.2, 0.25) is 0 Å². The van der Waals surface area contributed by atoms with E-state index in [1.165, 1.54) is 47.9 Å². The molecular formula is C13H24IrPS4-2. The van der Waals surface area contributed by atoms with E-state index >= 15 is 0 Å². The summed E-state index contributed by atoms with van der Waals surface area (Å²) in [6.07, 6.45) is 0. The maximum absolute atomic E-state index is 4.33. The van der Waals surface area contributed by atoms with E-state index in [4.69, 9.17) is 0 Å². The van der Waals surface area contributed by atoms with Crippen LogP contribution < -0.4 is 0 Å². The summed E-state index contributed by atoms with van der Waals surface area (Å²) in [5.41, 5.74) is 5.87. The molecule has 116 valence electrons. The Morgan fingerprint density at radius 3 is 0.947 bits per heavy atom. The third kappa shape index (κ3) is 12.2. The van der Waals surface area contributed by atoms with E-state index in [1.54, 1.807) is 0 Å². The van der Waals surface area contributed by atoms with Crippen LogP contribution in [0.5, 0.6) is 0 Å². The maximum Gasteiger partial charge on any atom is 0.0226 e. The molecule has 0 bridgehead atoms. The van der Waals surface area contributed by atoms with Gasteiger partial charge in [0.15, 0.2) is 0 Å². The van der Waals surface area contributed by atoms with Crippen LogP contribution in [0.25, 0.3) is 0 Å². The molecule has 0 aromatic heterocycles. The van der Waals surface area contributed by atoms with Gasteiger partial charge in [-0.1, -0.05) is 18.1 Å². The third-order valence-electron chi connectivity index (χ3n) is 2.84. The van der Waals surface area contributed by atoms with Crippen LogP contribution in [0.1, 0.15) is 34.6 Å². The van der Waals surface area contributed by atoms with Gasteiger partial charge in [0.1, 0.15) is 0 Å². The van der Waals surface area contributed by atoms with E-state index in [0.717, 1.165) is 0 Å². The Bertz CT molecular complexity index is 272. The molecule has 19 heavy (non-hydrogen) atoms. The van der Waals surface area contributed by atoms with Crippen molar-refractivity contribution in [2.24, 2.45) is 0 Å². The van der Waals surface area contributed by atoms with E-state index in [2.05, 4.69) is 77.9 Å². The predicted molar refractivity (Wildman–Crippen MR) is 100 cm³/mol. The summed E-state index contributed by atoms with van der Waals surface area (Å²) in [4.78, 5) is 0. The number of allylic oxidation sites excluding steroid dienone is 4. The van der Waals surface area contributed by atoms with Gasteiger partial charge in [-0.25, -0.2) is 0 Å². The molecule has 1 aliphatic rings. The van der Waals surface area contributed by atoms with Crippen LogP contribution in [-0.4, -0.2) is 20.0 Å². The molecule has 1 aliphatic carbocycles. The first-order valence-corrected chi connectivity index (χ1v) is 12.3. The van der Waals surface area contributed by atoms with E-state index in [0.29, 0.717) is 7.92 Å². The Morgan fingerprint density at radius 2 is 0.895 bits per heavy atom. The monoisotopic (exact) mass is 532 g/mol. The molecule has 0 aliphatic heterocycles. The average molecular weight is 532 g/mol. The zero-order valence-corrected chi connectivity index (χ0v) is 19.5. The molecule has 0 saturated carbocycles. The van der Waals surface area contributed by atoms with Gasteiger partial charge in [-0.2, -0.15) is 0 Å². The smallest absolute Gasteiger partial charge is 0.0226 e. The molecule has 0 N–H and O–H groups in total. The second-order valence-corrected chi connectivity index (χ2v) is 10.8. The molecule has 0 nitrogen and oxygen atoms in total. The van der Waals surface area contributed by atoms with Crippen LogP contribution in [0, 0.1) is 5.92 Å². The Morgan fingerprint density at radius 1 is 0.684 bits per heavy atom. The molecule has 2 radical (unpaired) electrons. The van der Waals surface area contributed by atoms with E-state index < -0.39 is 0 Å². The number of hydrogen-bond acceptors (Lipinski definition) is 4. The fourth-order valence-electron chi connectivity index (χ4n) is 1.41. The molecular weight excluding hydrogens is 508 g/mol. The molecule has 6 heteroatoms. The molecule has 0 atom stereocenters. The Kier molecular flexibility index (Phi) is 20.3. The summed E-state index contributed by atoms with van der Waals surface area (Å²) < 4.78 is 0. The molecule has 0 spiro atoms. The van der Waals surface area contributed by atoms with Gasteiger partial charge in [-0.05, 0) is 58.8 Å². The van der Waals surface area contributed by atoms with Gasteiger partial charge in [0.2, 0.25) is 0 Å². The van der Waals surface area contributed by atoms with Crippen molar-refractivity contribution in [1.29, 1.82) is 0 Å². The third-order valence-corrected chi connectivity index (χ3v) is 5.06.